The van der Waals surface area contributed by atoms with Crippen molar-refractivity contribution in [3.63, 3.8) is 0 Å². The topological polar surface area (TPSA) is 66.8 Å². The maximum absolute atomic E-state index is 13.0. The van der Waals surface area contributed by atoms with Crippen molar-refractivity contribution in [3.05, 3.63) is 47.1 Å². The highest BCUT2D eigenvalue weighted by Crippen LogP contribution is 2.29. The van der Waals surface area contributed by atoms with Crippen molar-refractivity contribution in [1.29, 1.82) is 0 Å². The van der Waals surface area contributed by atoms with Crippen molar-refractivity contribution in [3.8, 4) is 10.4 Å². The van der Waals surface area contributed by atoms with Gasteiger partial charge in [-0.3, -0.25) is 4.79 Å². The molecule has 0 radical (unpaired) electrons. The molecule has 5 nitrogen and oxygen atoms in total. The van der Waals surface area contributed by atoms with Crippen molar-refractivity contribution >= 4 is 23.2 Å². The van der Waals surface area contributed by atoms with Crippen LogP contribution in [0.1, 0.15) is 9.67 Å². The molecule has 1 fully saturated rings. The van der Waals surface area contributed by atoms with E-state index in [1.54, 1.807) is 24.3 Å². The second-order valence-corrected chi connectivity index (χ2v) is 6.18. The van der Waals surface area contributed by atoms with Crippen LogP contribution in [0.2, 0.25) is 0 Å². The fourth-order valence-electron chi connectivity index (χ4n) is 2.42. The number of morpholine rings is 1. The Kier molecular flexibility index (Phi) is 4.40. The van der Waals surface area contributed by atoms with Gasteiger partial charge < -0.3 is 14.7 Å². The van der Waals surface area contributed by atoms with Gasteiger partial charge in [-0.2, -0.15) is 0 Å². The van der Waals surface area contributed by atoms with E-state index in [4.69, 9.17) is 4.74 Å². The van der Waals surface area contributed by atoms with E-state index in [0.717, 1.165) is 10.4 Å². The van der Waals surface area contributed by atoms with Gasteiger partial charge >= 0.3 is 5.97 Å². The van der Waals surface area contributed by atoms with Gasteiger partial charge in [0.05, 0.1) is 18.1 Å². The maximum atomic E-state index is 13.0. The summed E-state index contributed by atoms with van der Waals surface area (Å²) >= 11 is 1.26. The predicted octanol–water partition coefficient (Wildman–Crippen LogP) is 2.48. The molecule has 23 heavy (non-hydrogen) atoms. The van der Waals surface area contributed by atoms with E-state index in [-0.39, 0.29) is 24.9 Å². The number of ether oxygens (including phenoxy) is 1. The van der Waals surface area contributed by atoms with Gasteiger partial charge in [0.2, 0.25) is 0 Å². The molecule has 1 saturated heterocycles. The lowest BCUT2D eigenvalue weighted by Gasteiger charge is -2.32. The van der Waals surface area contributed by atoms with E-state index in [1.165, 1.54) is 28.4 Å². The molecule has 1 amide bonds. The molecule has 1 unspecified atom stereocenters. The Morgan fingerprint density at radius 3 is 2.65 bits per heavy atom. The Hall–Kier alpha value is -2.25. The molecule has 0 saturated carbocycles. The van der Waals surface area contributed by atoms with Crippen molar-refractivity contribution in [2.24, 2.45) is 0 Å². The number of thiophene rings is 1. The summed E-state index contributed by atoms with van der Waals surface area (Å²) in [5.74, 6) is -1.72. The molecular weight excluding hydrogens is 321 g/mol. The number of hydrogen-bond acceptors (Lipinski definition) is 4. The van der Waals surface area contributed by atoms with E-state index in [2.05, 4.69) is 0 Å². The van der Waals surface area contributed by atoms with Gasteiger partial charge in [0.1, 0.15) is 5.82 Å². The fraction of sp³-hybridized carbons (Fsp3) is 0.250. The molecular formula is C16H14FNO4S. The van der Waals surface area contributed by atoms with Gasteiger partial charge in [-0.1, -0.05) is 12.1 Å². The number of carbonyl (C=O) groups is 2. The number of carboxylic acid groups (broad SMARTS) is 1. The van der Waals surface area contributed by atoms with Crippen LogP contribution >= 0.6 is 11.3 Å². The molecule has 0 spiro atoms. The van der Waals surface area contributed by atoms with Gasteiger partial charge in [-0.05, 0) is 29.8 Å². The van der Waals surface area contributed by atoms with Gasteiger partial charge in [0, 0.05) is 11.4 Å². The highest BCUT2D eigenvalue weighted by Gasteiger charge is 2.33. The number of carbonyl (C=O) groups excluding carboxylic acids is 1. The summed E-state index contributed by atoms with van der Waals surface area (Å²) in [6.07, 6.45) is 0. The van der Waals surface area contributed by atoms with Gasteiger partial charge in [-0.15, -0.1) is 11.3 Å². The zero-order chi connectivity index (χ0) is 16.4. The van der Waals surface area contributed by atoms with Gasteiger partial charge in [-0.25, -0.2) is 9.18 Å². The van der Waals surface area contributed by atoms with Crippen LogP contribution < -0.4 is 0 Å². The van der Waals surface area contributed by atoms with Crippen LogP contribution in [-0.4, -0.2) is 47.7 Å². The molecule has 7 heteroatoms. The van der Waals surface area contributed by atoms with Crippen LogP contribution in [0, 0.1) is 5.82 Å². The summed E-state index contributed by atoms with van der Waals surface area (Å²) in [6, 6.07) is 8.49. The molecule has 2 aromatic rings. The Labute approximate surface area is 135 Å². The van der Waals surface area contributed by atoms with Gasteiger partial charge in [0.15, 0.2) is 6.04 Å². The molecule has 120 valence electrons. The SMILES string of the molecule is O=C(O)C1COCCN1C(=O)c1ccc(-c2ccc(F)cc2)s1. The number of amides is 1. The largest absolute Gasteiger partial charge is 0.480 e. The molecule has 1 atom stereocenters. The molecule has 3 rings (SSSR count). The number of rotatable bonds is 3. The quantitative estimate of drug-likeness (QED) is 0.936. The van der Waals surface area contributed by atoms with E-state index in [1.807, 2.05) is 0 Å². The summed E-state index contributed by atoms with van der Waals surface area (Å²) in [5.41, 5.74) is 0.812. The lowest BCUT2D eigenvalue weighted by atomic mass is 10.2. The number of halogens is 1. The fourth-order valence-corrected chi connectivity index (χ4v) is 3.38. The number of benzene rings is 1. The van der Waals surface area contributed by atoms with E-state index >= 15 is 0 Å². The first kappa shape index (κ1) is 15.6. The minimum Gasteiger partial charge on any atom is -0.480 e. The Bertz CT molecular complexity index is 728. The van der Waals surface area contributed by atoms with Crippen LogP contribution in [-0.2, 0) is 9.53 Å². The highest BCUT2D eigenvalue weighted by atomic mass is 32.1. The first-order valence-electron chi connectivity index (χ1n) is 7.03. The number of aliphatic carboxylic acids is 1. The Morgan fingerprint density at radius 2 is 1.96 bits per heavy atom. The second kappa shape index (κ2) is 6.47. The molecule has 0 aliphatic carbocycles. The lowest BCUT2D eigenvalue weighted by molar-refractivity contribution is -0.147. The Balaban J connectivity index is 1.83. The molecule has 0 bridgehead atoms. The predicted molar refractivity (Wildman–Crippen MR) is 83.0 cm³/mol. The van der Waals surface area contributed by atoms with Crippen LogP contribution in [0.4, 0.5) is 4.39 Å². The lowest BCUT2D eigenvalue weighted by Crippen LogP contribution is -2.52. The molecule has 1 aliphatic heterocycles. The summed E-state index contributed by atoms with van der Waals surface area (Å²) in [4.78, 5) is 26.4. The van der Waals surface area contributed by atoms with Crippen molar-refractivity contribution < 1.29 is 23.8 Å². The van der Waals surface area contributed by atoms with Crippen LogP contribution in [0.15, 0.2) is 36.4 Å². The van der Waals surface area contributed by atoms with E-state index in [9.17, 15) is 19.1 Å². The average molecular weight is 335 g/mol. The number of hydrogen-bond donors (Lipinski definition) is 1. The summed E-state index contributed by atoms with van der Waals surface area (Å²) < 4.78 is 18.1. The molecule has 1 aliphatic rings. The van der Waals surface area contributed by atoms with Gasteiger partial charge in [0.25, 0.3) is 5.91 Å². The first-order valence-corrected chi connectivity index (χ1v) is 7.85. The molecule has 2 heterocycles. The Morgan fingerprint density at radius 1 is 1.22 bits per heavy atom. The van der Waals surface area contributed by atoms with Crippen molar-refractivity contribution in [2.75, 3.05) is 19.8 Å². The van der Waals surface area contributed by atoms with Crippen LogP contribution in [0.5, 0.6) is 0 Å². The van der Waals surface area contributed by atoms with Crippen molar-refractivity contribution in [1.82, 2.24) is 4.90 Å². The zero-order valence-electron chi connectivity index (χ0n) is 12.1. The van der Waals surface area contributed by atoms with E-state index in [0.29, 0.717) is 11.5 Å². The molecule has 1 aromatic carbocycles. The minimum atomic E-state index is -1.08. The summed E-state index contributed by atoms with van der Waals surface area (Å²) in [7, 11) is 0. The monoisotopic (exact) mass is 335 g/mol. The third-order valence-electron chi connectivity index (χ3n) is 3.62. The number of carboxylic acids is 1. The third-order valence-corrected chi connectivity index (χ3v) is 4.74. The molecule has 1 N–H and O–H groups in total. The first-order chi connectivity index (χ1) is 11.1. The summed E-state index contributed by atoms with van der Waals surface area (Å²) in [5, 5.41) is 9.21. The van der Waals surface area contributed by atoms with Crippen LogP contribution in [0.3, 0.4) is 0 Å². The minimum absolute atomic E-state index is 0.00271. The highest BCUT2D eigenvalue weighted by molar-refractivity contribution is 7.17. The van der Waals surface area contributed by atoms with Crippen LogP contribution in [0.25, 0.3) is 10.4 Å². The third kappa shape index (κ3) is 3.25. The second-order valence-electron chi connectivity index (χ2n) is 5.10. The maximum Gasteiger partial charge on any atom is 0.328 e. The molecule has 1 aromatic heterocycles. The standard InChI is InChI=1S/C16H14FNO4S/c17-11-3-1-10(2-4-11)13-5-6-14(23-13)15(19)18-7-8-22-9-12(18)16(20)21/h1-6,12H,7-9H2,(H,20,21). The van der Waals surface area contributed by atoms with E-state index < -0.39 is 12.0 Å². The summed E-state index contributed by atoms with van der Waals surface area (Å²) in [6.45, 7) is 0.572. The normalized spacial score (nSPS) is 18.0. The average Bonchev–Trinajstić information content (AvgIpc) is 3.04. The smallest absolute Gasteiger partial charge is 0.328 e. The number of nitrogens with zero attached hydrogens (tertiary/aromatic N) is 1. The zero-order valence-corrected chi connectivity index (χ0v) is 12.9. The van der Waals surface area contributed by atoms with Crippen molar-refractivity contribution in [2.45, 2.75) is 6.04 Å².